The molecule has 3 aromatic rings. The highest BCUT2D eigenvalue weighted by atomic mass is 16.6. The summed E-state index contributed by atoms with van der Waals surface area (Å²) in [5, 5.41) is 36.3. The van der Waals surface area contributed by atoms with Gasteiger partial charge in [0.1, 0.15) is 23.1 Å². The number of H-pyrrole nitrogens is 1. The standard InChI is InChI=1S/C17H13N7O3/c1-11-3-2-4-15(5-11)27-16-7-13(6-14(8-16)24(25)26)19-10-12(9-18)17-20-22-23-21-17/h2-8,10,19H,1H3,(H,20,21,22,23). The van der Waals surface area contributed by atoms with Crippen LogP contribution in [0.4, 0.5) is 11.4 Å². The number of nitro benzene ring substituents is 1. The average Bonchev–Trinajstić information content (AvgIpc) is 3.16. The quantitative estimate of drug-likeness (QED) is 0.386. The molecule has 0 radical (unpaired) electrons. The molecule has 0 aliphatic rings. The van der Waals surface area contributed by atoms with Crippen LogP contribution >= 0.6 is 0 Å². The number of tetrazole rings is 1. The van der Waals surface area contributed by atoms with Crippen molar-refractivity contribution >= 4 is 16.9 Å². The second-order valence-corrected chi connectivity index (χ2v) is 5.44. The Bertz CT molecular complexity index is 1040. The molecule has 1 aromatic heterocycles. The number of anilines is 1. The number of hydrogen-bond donors (Lipinski definition) is 2. The van der Waals surface area contributed by atoms with E-state index in [1.54, 1.807) is 12.1 Å². The molecule has 0 aliphatic carbocycles. The summed E-state index contributed by atoms with van der Waals surface area (Å²) >= 11 is 0. The summed E-state index contributed by atoms with van der Waals surface area (Å²) in [5.41, 5.74) is 1.31. The summed E-state index contributed by atoms with van der Waals surface area (Å²) in [6.45, 7) is 1.92. The molecule has 134 valence electrons. The van der Waals surface area contributed by atoms with Crippen molar-refractivity contribution in [3.8, 4) is 17.6 Å². The smallest absolute Gasteiger partial charge is 0.275 e. The van der Waals surface area contributed by atoms with E-state index >= 15 is 0 Å². The van der Waals surface area contributed by atoms with Crippen LogP contribution in [0.15, 0.2) is 48.7 Å². The van der Waals surface area contributed by atoms with E-state index in [-0.39, 0.29) is 22.8 Å². The van der Waals surface area contributed by atoms with Crippen LogP contribution in [-0.4, -0.2) is 25.5 Å². The summed E-state index contributed by atoms with van der Waals surface area (Å²) in [7, 11) is 0. The molecule has 0 amide bonds. The Morgan fingerprint density at radius 1 is 1.33 bits per heavy atom. The Kier molecular flexibility index (Phi) is 5.04. The molecule has 0 saturated heterocycles. The van der Waals surface area contributed by atoms with Gasteiger partial charge in [-0.3, -0.25) is 10.1 Å². The molecule has 0 spiro atoms. The molecule has 2 aromatic carbocycles. The second kappa shape index (κ2) is 7.75. The number of ether oxygens (including phenoxy) is 1. The third kappa shape index (κ3) is 4.43. The van der Waals surface area contributed by atoms with Crippen molar-refractivity contribution in [3.63, 3.8) is 0 Å². The molecular formula is C17H13N7O3. The number of hydrogen-bond acceptors (Lipinski definition) is 8. The Balaban J connectivity index is 1.90. The third-order valence-electron chi connectivity index (χ3n) is 3.42. The molecular weight excluding hydrogens is 350 g/mol. The zero-order chi connectivity index (χ0) is 19.2. The van der Waals surface area contributed by atoms with E-state index in [1.165, 1.54) is 18.3 Å². The maximum atomic E-state index is 11.2. The number of nitro groups is 1. The highest BCUT2D eigenvalue weighted by Gasteiger charge is 2.12. The topological polar surface area (TPSA) is 143 Å². The average molecular weight is 363 g/mol. The first-order valence-electron chi connectivity index (χ1n) is 7.70. The fourth-order valence-corrected chi connectivity index (χ4v) is 2.22. The van der Waals surface area contributed by atoms with E-state index in [0.29, 0.717) is 11.4 Å². The summed E-state index contributed by atoms with van der Waals surface area (Å²) in [5.74, 6) is 0.942. The van der Waals surface area contributed by atoms with Crippen molar-refractivity contribution in [1.29, 1.82) is 5.26 Å². The van der Waals surface area contributed by atoms with Crippen LogP contribution in [0.5, 0.6) is 11.5 Å². The Labute approximate surface area is 153 Å². The number of aryl methyl sites for hydroxylation is 1. The highest BCUT2D eigenvalue weighted by molar-refractivity contribution is 5.74. The minimum atomic E-state index is -0.525. The summed E-state index contributed by atoms with van der Waals surface area (Å²) in [6, 6.07) is 13.5. The number of nitrogens with one attached hydrogen (secondary N) is 2. The minimum Gasteiger partial charge on any atom is -0.457 e. The van der Waals surface area contributed by atoms with Crippen LogP contribution in [0.2, 0.25) is 0 Å². The van der Waals surface area contributed by atoms with Gasteiger partial charge < -0.3 is 10.1 Å². The largest absolute Gasteiger partial charge is 0.457 e. The maximum Gasteiger partial charge on any atom is 0.275 e. The van der Waals surface area contributed by atoms with Crippen LogP contribution in [0, 0.1) is 28.4 Å². The first-order chi connectivity index (χ1) is 13.0. The highest BCUT2D eigenvalue weighted by Crippen LogP contribution is 2.30. The van der Waals surface area contributed by atoms with E-state index in [2.05, 4.69) is 25.9 Å². The summed E-state index contributed by atoms with van der Waals surface area (Å²) in [6.07, 6.45) is 1.33. The zero-order valence-electron chi connectivity index (χ0n) is 14.1. The number of nitriles is 1. The van der Waals surface area contributed by atoms with Crippen LogP contribution in [0.1, 0.15) is 11.4 Å². The molecule has 2 N–H and O–H groups in total. The number of aromatic nitrogens is 4. The molecule has 10 heteroatoms. The fourth-order valence-electron chi connectivity index (χ4n) is 2.22. The van der Waals surface area contributed by atoms with Crippen LogP contribution in [-0.2, 0) is 0 Å². The number of aromatic amines is 1. The van der Waals surface area contributed by atoms with E-state index in [0.717, 1.165) is 5.56 Å². The lowest BCUT2D eigenvalue weighted by Gasteiger charge is -2.09. The summed E-state index contributed by atoms with van der Waals surface area (Å²) in [4.78, 5) is 10.7. The van der Waals surface area contributed by atoms with Gasteiger partial charge in [-0.15, -0.1) is 10.2 Å². The fraction of sp³-hybridized carbons (Fsp3) is 0.0588. The second-order valence-electron chi connectivity index (χ2n) is 5.44. The first-order valence-corrected chi connectivity index (χ1v) is 7.70. The van der Waals surface area contributed by atoms with E-state index in [1.807, 2.05) is 31.2 Å². The number of nitrogens with zero attached hydrogens (tertiary/aromatic N) is 5. The van der Waals surface area contributed by atoms with E-state index in [4.69, 9.17) is 4.74 Å². The molecule has 10 nitrogen and oxygen atoms in total. The lowest BCUT2D eigenvalue weighted by molar-refractivity contribution is -0.384. The van der Waals surface area contributed by atoms with Crippen molar-refractivity contribution in [3.05, 3.63) is 70.2 Å². The van der Waals surface area contributed by atoms with Gasteiger partial charge in [-0.2, -0.15) is 10.5 Å². The van der Waals surface area contributed by atoms with Gasteiger partial charge in [-0.1, -0.05) is 12.1 Å². The number of non-ortho nitro benzene ring substituents is 1. The number of rotatable bonds is 6. The van der Waals surface area contributed by atoms with Gasteiger partial charge in [-0.05, 0) is 29.8 Å². The maximum absolute atomic E-state index is 11.2. The van der Waals surface area contributed by atoms with Crippen molar-refractivity contribution in [2.24, 2.45) is 0 Å². The monoisotopic (exact) mass is 363 g/mol. The van der Waals surface area contributed by atoms with Crippen molar-refractivity contribution in [1.82, 2.24) is 20.6 Å². The molecule has 0 unspecified atom stereocenters. The van der Waals surface area contributed by atoms with Crippen molar-refractivity contribution in [2.75, 3.05) is 5.32 Å². The molecule has 1 heterocycles. The number of benzene rings is 2. The normalized spacial score (nSPS) is 10.9. The lowest BCUT2D eigenvalue weighted by atomic mass is 10.2. The van der Waals surface area contributed by atoms with Gasteiger partial charge in [0.2, 0.25) is 5.82 Å². The van der Waals surface area contributed by atoms with Crippen molar-refractivity contribution in [2.45, 2.75) is 6.92 Å². The lowest BCUT2D eigenvalue weighted by Crippen LogP contribution is -1.96. The van der Waals surface area contributed by atoms with Gasteiger partial charge >= 0.3 is 0 Å². The molecule has 0 fully saturated rings. The number of allylic oxidation sites excluding steroid dienone is 1. The predicted molar refractivity (Wildman–Crippen MR) is 95.7 cm³/mol. The molecule has 0 atom stereocenters. The van der Waals surface area contributed by atoms with Gasteiger partial charge in [0.25, 0.3) is 5.69 Å². The molecule has 3 rings (SSSR count). The molecule has 0 saturated carbocycles. The van der Waals surface area contributed by atoms with E-state index < -0.39 is 4.92 Å². The van der Waals surface area contributed by atoms with Gasteiger partial charge in [0, 0.05) is 24.0 Å². The SMILES string of the molecule is Cc1cccc(Oc2cc(NC=C(C#N)c3nn[nH]n3)cc([N+](=O)[O-])c2)c1. The van der Waals surface area contributed by atoms with E-state index in [9.17, 15) is 15.4 Å². The van der Waals surface area contributed by atoms with Gasteiger partial charge in [-0.25, -0.2) is 0 Å². The Morgan fingerprint density at radius 2 is 2.19 bits per heavy atom. The van der Waals surface area contributed by atoms with Crippen LogP contribution < -0.4 is 10.1 Å². The third-order valence-corrected chi connectivity index (χ3v) is 3.42. The van der Waals surface area contributed by atoms with Gasteiger partial charge in [0.15, 0.2) is 0 Å². The van der Waals surface area contributed by atoms with Gasteiger partial charge in [0.05, 0.1) is 11.0 Å². The molecule has 0 aliphatic heterocycles. The van der Waals surface area contributed by atoms with Crippen LogP contribution in [0.3, 0.4) is 0 Å². The van der Waals surface area contributed by atoms with Crippen LogP contribution in [0.25, 0.3) is 5.57 Å². The molecule has 27 heavy (non-hydrogen) atoms. The Hall–Kier alpha value is -4.26. The molecule has 0 bridgehead atoms. The summed E-state index contributed by atoms with van der Waals surface area (Å²) < 4.78 is 5.73. The Morgan fingerprint density at radius 3 is 2.85 bits per heavy atom. The first kappa shape index (κ1) is 17.6. The zero-order valence-corrected chi connectivity index (χ0v) is 14.1. The predicted octanol–water partition coefficient (Wildman–Crippen LogP) is 3.19. The van der Waals surface area contributed by atoms with Crippen molar-refractivity contribution < 1.29 is 9.66 Å². The minimum absolute atomic E-state index is 0.103.